The Morgan fingerprint density at radius 3 is 2.36 bits per heavy atom. The third kappa shape index (κ3) is 7.43. The molecular weight excluding hydrogens is 469 g/mol. The highest BCUT2D eigenvalue weighted by atomic mass is 35.5. The van der Waals surface area contributed by atoms with Crippen molar-refractivity contribution in [3.63, 3.8) is 0 Å². The Hall–Kier alpha value is -2.65. The fraction of sp³-hybridized carbons (Fsp3) is 0.391. The molecule has 2 aromatic rings. The zero-order valence-electron chi connectivity index (χ0n) is 19.1. The van der Waals surface area contributed by atoms with Gasteiger partial charge in [0, 0.05) is 23.2 Å². The highest BCUT2D eigenvalue weighted by Gasteiger charge is 2.31. The van der Waals surface area contributed by atoms with Crippen molar-refractivity contribution in [1.29, 1.82) is 0 Å². The second kappa shape index (κ2) is 11.5. The van der Waals surface area contributed by atoms with Crippen molar-refractivity contribution in [2.45, 2.75) is 45.8 Å². The molecule has 0 heterocycles. The third-order valence-corrected chi connectivity index (χ3v) is 6.62. The third-order valence-electron chi connectivity index (χ3n) is 5.24. The fourth-order valence-corrected chi connectivity index (χ4v) is 4.13. The number of hydrogen-bond acceptors (Lipinski definition) is 4. The highest BCUT2D eigenvalue weighted by molar-refractivity contribution is 7.92. The van der Waals surface area contributed by atoms with Crippen LogP contribution in [0.5, 0.6) is 0 Å². The zero-order chi connectivity index (χ0) is 24.8. The number of hydrogen-bond donors (Lipinski definition) is 1. The number of benzene rings is 2. The van der Waals surface area contributed by atoms with Crippen molar-refractivity contribution >= 4 is 39.1 Å². The first kappa shape index (κ1) is 26.6. The molecule has 0 aliphatic rings. The monoisotopic (exact) mass is 497 g/mol. The lowest BCUT2D eigenvalue weighted by molar-refractivity contribution is -0.139. The molecule has 0 radical (unpaired) electrons. The van der Waals surface area contributed by atoms with Crippen molar-refractivity contribution in [2.24, 2.45) is 0 Å². The van der Waals surface area contributed by atoms with Gasteiger partial charge in [-0.05, 0) is 44.5 Å². The molecule has 0 bridgehead atoms. The van der Waals surface area contributed by atoms with Crippen LogP contribution in [0.2, 0.25) is 5.02 Å². The van der Waals surface area contributed by atoms with Gasteiger partial charge in [-0.15, -0.1) is 0 Å². The molecule has 0 aliphatic carbocycles. The van der Waals surface area contributed by atoms with Gasteiger partial charge in [0.25, 0.3) is 0 Å². The van der Waals surface area contributed by atoms with E-state index in [1.54, 1.807) is 18.2 Å². The predicted molar refractivity (Wildman–Crippen MR) is 128 cm³/mol. The minimum absolute atomic E-state index is 0.121. The quantitative estimate of drug-likeness (QED) is 0.543. The average Bonchev–Trinajstić information content (AvgIpc) is 2.75. The fourth-order valence-electron chi connectivity index (χ4n) is 3.10. The number of nitrogens with one attached hydrogen (secondary N) is 1. The van der Waals surface area contributed by atoms with Gasteiger partial charge in [-0.3, -0.25) is 13.9 Å². The maximum absolute atomic E-state index is 14.3. The summed E-state index contributed by atoms with van der Waals surface area (Å²) in [5.41, 5.74) is 0.420. The Kier molecular flexibility index (Phi) is 9.25. The van der Waals surface area contributed by atoms with Gasteiger partial charge in [0.2, 0.25) is 21.8 Å². The van der Waals surface area contributed by atoms with Crippen LogP contribution in [0.25, 0.3) is 0 Å². The maximum Gasteiger partial charge on any atom is 0.244 e. The SMILES string of the molecule is CC[C@@H](C)NC(=O)[C@H](C)N(Cc1ccccc1F)C(=O)CN(c1cccc(Cl)c1)S(C)(=O)=O. The lowest BCUT2D eigenvalue weighted by Gasteiger charge is -2.32. The summed E-state index contributed by atoms with van der Waals surface area (Å²) in [7, 11) is -3.86. The molecular formula is C23H29ClFN3O4S. The molecule has 0 spiro atoms. The van der Waals surface area contributed by atoms with Gasteiger partial charge in [0.05, 0.1) is 11.9 Å². The summed E-state index contributed by atoms with van der Waals surface area (Å²) in [5, 5.41) is 3.12. The van der Waals surface area contributed by atoms with Crippen LogP contribution in [-0.4, -0.2) is 50.0 Å². The number of anilines is 1. The Balaban J connectivity index is 2.40. The Morgan fingerprint density at radius 1 is 1.12 bits per heavy atom. The molecule has 0 fully saturated rings. The molecule has 0 unspecified atom stereocenters. The lowest BCUT2D eigenvalue weighted by atomic mass is 10.1. The molecule has 2 aromatic carbocycles. The van der Waals surface area contributed by atoms with Crippen LogP contribution >= 0.6 is 11.6 Å². The lowest BCUT2D eigenvalue weighted by Crippen LogP contribution is -2.52. The molecule has 1 N–H and O–H groups in total. The number of nitrogens with zero attached hydrogens (tertiary/aromatic N) is 2. The zero-order valence-corrected chi connectivity index (χ0v) is 20.7. The smallest absolute Gasteiger partial charge is 0.244 e. The molecule has 180 valence electrons. The van der Waals surface area contributed by atoms with E-state index in [1.165, 1.54) is 42.2 Å². The standard InChI is InChI=1S/C23H29ClFN3O4S/c1-5-16(2)26-23(30)17(3)27(14-18-9-6-7-12-21(18)25)22(29)15-28(33(4,31)32)20-11-8-10-19(24)13-20/h6-13,16-17H,5,14-15H2,1-4H3,(H,26,30)/t16-,17+/m1/s1. The molecule has 0 aliphatic heterocycles. The van der Waals surface area contributed by atoms with E-state index in [0.717, 1.165) is 10.6 Å². The maximum atomic E-state index is 14.3. The number of rotatable bonds is 10. The molecule has 2 atom stereocenters. The normalized spacial score (nSPS) is 13.2. The number of halogens is 2. The molecule has 0 saturated carbocycles. The van der Waals surface area contributed by atoms with Crippen molar-refractivity contribution in [3.05, 3.63) is 64.9 Å². The van der Waals surface area contributed by atoms with Gasteiger partial charge < -0.3 is 10.2 Å². The van der Waals surface area contributed by atoms with E-state index < -0.39 is 40.2 Å². The number of carbonyl (C=O) groups excluding carboxylic acids is 2. The molecule has 10 heteroatoms. The first-order chi connectivity index (χ1) is 15.4. The average molecular weight is 498 g/mol. The number of carbonyl (C=O) groups is 2. The van der Waals surface area contributed by atoms with Gasteiger partial charge in [-0.1, -0.05) is 42.8 Å². The summed E-state index contributed by atoms with van der Waals surface area (Å²) in [6.45, 7) is 4.49. The van der Waals surface area contributed by atoms with Crippen LogP contribution in [-0.2, 0) is 26.2 Å². The summed E-state index contributed by atoms with van der Waals surface area (Å²) in [6, 6.07) is 10.9. The summed E-state index contributed by atoms with van der Waals surface area (Å²) in [6.07, 6.45) is 1.66. The van der Waals surface area contributed by atoms with Gasteiger partial charge in [-0.2, -0.15) is 0 Å². The predicted octanol–water partition coefficient (Wildman–Crippen LogP) is 3.58. The van der Waals surface area contributed by atoms with E-state index in [9.17, 15) is 22.4 Å². The second-order valence-corrected chi connectivity index (χ2v) is 10.2. The Morgan fingerprint density at radius 2 is 1.79 bits per heavy atom. The van der Waals surface area contributed by atoms with Crippen LogP contribution in [0.3, 0.4) is 0 Å². The van der Waals surface area contributed by atoms with E-state index in [2.05, 4.69) is 5.32 Å². The first-order valence-electron chi connectivity index (χ1n) is 10.5. The van der Waals surface area contributed by atoms with E-state index in [0.29, 0.717) is 11.4 Å². The molecule has 0 aromatic heterocycles. The van der Waals surface area contributed by atoms with Crippen molar-refractivity contribution < 1.29 is 22.4 Å². The first-order valence-corrected chi connectivity index (χ1v) is 12.7. The topological polar surface area (TPSA) is 86.8 Å². The van der Waals surface area contributed by atoms with E-state index in [1.807, 2.05) is 13.8 Å². The summed E-state index contributed by atoms with van der Waals surface area (Å²) >= 11 is 6.01. The van der Waals surface area contributed by atoms with Crippen LogP contribution < -0.4 is 9.62 Å². The van der Waals surface area contributed by atoms with Gasteiger partial charge in [0.15, 0.2) is 0 Å². The molecule has 7 nitrogen and oxygen atoms in total. The van der Waals surface area contributed by atoms with E-state index >= 15 is 0 Å². The van der Waals surface area contributed by atoms with E-state index in [-0.39, 0.29) is 23.8 Å². The number of sulfonamides is 1. The van der Waals surface area contributed by atoms with Gasteiger partial charge in [0.1, 0.15) is 18.4 Å². The minimum Gasteiger partial charge on any atom is -0.352 e. The summed E-state index contributed by atoms with van der Waals surface area (Å²) in [5.74, 6) is -1.60. The second-order valence-electron chi connectivity index (χ2n) is 7.86. The van der Waals surface area contributed by atoms with E-state index in [4.69, 9.17) is 11.6 Å². The Labute approximate surface area is 199 Å². The largest absolute Gasteiger partial charge is 0.352 e. The van der Waals surface area contributed by atoms with Crippen molar-refractivity contribution in [3.8, 4) is 0 Å². The summed E-state index contributed by atoms with van der Waals surface area (Å²) in [4.78, 5) is 27.3. The van der Waals surface area contributed by atoms with Crippen molar-refractivity contribution in [1.82, 2.24) is 10.2 Å². The molecule has 2 amide bonds. The van der Waals surface area contributed by atoms with Gasteiger partial charge >= 0.3 is 0 Å². The van der Waals surface area contributed by atoms with Crippen LogP contribution in [0.4, 0.5) is 10.1 Å². The molecule has 33 heavy (non-hydrogen) atoms. The molecule has 0 saturated heterocycles. The minimum atomic E-state index is -3.86. The van der Waals surface area contributed by atoms with Crippen LogP contribution in [0.15, 0.2) is 48.5 Å². The number of amides is 2. The summed E-state index contributed by atoms with van der Waals surface area (Å²) < 4.78 is 40.2. The van der Waals surface area contributed by atoms with Crippen molar-refractivity contribution in [2.75, 3.05) is 17.1 Å². The van der Waals surface area contributed by atoms with Crippen LogP contribution in [0.1, 0.15) is 32.8 Å². The van der Waals surface area contributed by atoms with Crippen LogP contribution in [0, 0.1) is 5.82 Å². The highest BCUT2D eigenvalue weighted by Crippen LogP contribution is 2.23. The Bertz CT molecular complexity index is 1100. The van der Waals surface area contributed by atoms with Gasteiger partial charge in [-0.25, -0.2) is 12.8 Å². The molecule has 2 rings (SSSR count).